The van der Waals surface area contributed by atoms with Gasteiger partial charge in [0.25, 0.3) is 0 Å². The minimum absolute atomic E-state index is 0.656. The molecule has 1 fully saturated rings. The van der Waals surface area contributed by atoms with Gasteiger partial charge >= 0.3 is 0 Å². The molecule has 1 heterocycles. The van der Waals surface area contributed by atoms with E-state index in [4.69, 9.17) is 4.74 Å². The Kier molecular flexibility index (Phi) is 5.85. The van der Waals surface area contributed by atoms with Gasteiger partial charge in [0.15, 0.2) is 0 Å². The summed E-state index contributed by atoms with van der Waals surface area (Å²) in [6, 6.07) is 9.04. The SMILES string of the molecule is Brc1ccccc1SCCNC1CCOCC1. The van der Waals surface area contributed by atoms with E-state index < -0.39 is 0 Å². The van der Waals surface area contributed by atoms with E-state index in [0.29, 0.717) is 6.04 Å². The van der Waals surface area contributed by atoms with Crippen LogP contribution in [0.3, 0.4) is 0 Å². The smallest absolute Gasteiger partial charge is 0.0480 e. The zero-order valence-electron chi connectivity index (χ0n) is 9.82. The lowest BCUT2D eigenvalue weighted by atomic mass is 10.1. The lowest BCUT2D eigenvalue weighted by Crippen LogP contribution is -2.35. The van der Waals surface area contributed by atoms with Crippen LogP contribution in [-0.2, 0) is 4.74 Å². The monoisotopic (exact) mass is 315 g/mol. The molecular weight excluding hydrogens is 298 g/mol. The normalized spacial score (nSPS) is 17.2. The van der Waals surface area contributed by atoms with Crippen molar-refractivity contribution in [1.82, 2.24) is 5.32 Å². The fourth-order valence-corrected chi connectivity index (χ4v) is 3.34. The van der Waals surface area contributed by atoms with Crippen molar-refractivity contribution in [3.8, 4) is 0 Å². The molecule has 1 saturated heterocycles. The number of ether oxygens (including phenoxy) is 1. The second-order valence-electron chi connectivity index (χ2n) is 4.12. The number of hydrogen-bond donors (Lipinski definition) is 1. The van der Waals surface area contributed by atoms with Gasteiger partial charge in [0.1, 0.15) is 0 Å². The van der Waals surface area contributed by atoms with Crippen LogP contribution in [0.25, 0.3) is 0 Å². The summed E-state index contributed by atoms with van der Waals surface area (Å²) in [5.41, 5.74) is 0. The van der Waals surface area contributed by atoms with Crippen molar-refractivity contribution in [3.63, 3.8) is 0 Å². The molecule has 1 aliphatic rings. The van der Waals surface area contributed by atoms with E-state index in [1.54, 1.807) is 0 Å². The molecule has 0 unspecified atom stereocenters. The summed E-state index contributed by atoms with van der Waals surface area (Å²) < 4.78 is 6.53. The van der Waals surface area contributed by atoms with Crippen LogP contribution < -0.4 is 5.32 Å². The third-order valence-electron chi connectivity index (χ3n) is 2.85. The number of thioether (sulfide) groups is 1. The first-order chi connectivity index (χ1) is 8.36. The zero-order chi connectivity index (χ0) is 11.9. The van der Waals surface area contributed by atoms with Gasteiger partial charge in [-0.05, 0) is 40.9 Å². The molecule has 94 valence electrons. The zero-order valence-corrected chi connectivity index (χ0v) is 12.2. The van der Waals surface area contributed by atoms with Crippen molar-refractivity contribution in [2.45, 2.75) is 23.8 Å². The quantitative estimate of drug-likeness (QED) is 0.665. The summed E-state index contributed by atoms with van der Waals surface area (Å²) in [7, 11) is 0. The fraction of sp³-hybridized carbons (Fsp3) is 0.538. The third kappa shape index (κ3) is 4.62. The van der Waals surface area contributed by atoms with Crippen LogP contribution in [0.2, 0.25) is 0 Å². The molecule has 1 aromatic rings. The molecule has 0 saturated carbocycles. The second kappa shape index (κ2) is 7.41. The minimum atomic E-state index is 0.656. The number of halogens is 1. The number of nitrogens with one attached hydrogen (secondary N) is 1. The van der Waals surface area contributed by atoms with Crippen LogP contribution in [-0.4, -0.2) is 31.6 Å². The predicted molar refractivity (Wildman–Crippen MR) is 76.7 cm³/mol. The number of hydrogen-bond acceptors (Lipinski definition) is 3. The minimum Gasteiger partial charge on any atom is -0.381 e. The summed E-state index contributed by atoms with van der Waals surface area (Å²) in [5.74, 6) is 1.11. The molecule has 0 atom stereocenters. The summed E-state index contributed by atoms with van der Waals surface area (Å²) >= 11 is 5.46. The molecule has 0 bridgehead atoms. The van der Waals surface area contributed by atoms with Crippen molar-refractivity contribution >= 4 is 27.7 Å². The van der Waals surface area contributed by atoms with Crippen LogP contribution >= 0.6 is 27.7 Å². The van der Waals surface area contributed by atoms with Gasteiger partial charge in [0.2, 0.25) is 0 Å². The molecule has 1 aliphatic heterocycles. The van der Waals surface area contributed by atoms with Crippen LogP contribution in [0, 0.1) is 0 Å². The molecule has 4 heteroatoms. The van der Waals surface area contributed by atoms with Gasteiger partial charge in [-0.3, -0.25) is 0 Å². The van der Waals surface area contributed by atoms with E-state index in [1.165, 1.54) is 9.37 Å². The Bertz CT molecular complexity index is 342. The largest absolute Gasteiger partial charge is 0.381 e. The van der Waals surface area contributed by atoms with Crippen molar-refractivity contribution < 1.29 is 4.74 Å². The third-order valence-corrected chi connectivity index (χ3v) is 4.88. The maximum absolute atomic E-state index is 5.34. The second-order valence-corrected chi connectivity index (χ2v) is 6.11. The molecule has 1 N–H and O–H groups in total. The van der Waals surface area contributed by atoms with E-state index in [0.717, 1.165) is 38.4 Å². The van der Waals surface area contributed by atoms with E-state index >= 15 is 0 Å². The Morgan fingerprint density at radius 2 is 2.06 bits per heavy atom. The van der Waals surface area contributed by atoms with Crippen molar-refractivity contribution in [1.29, 1.82) is 0 Å². The summed E-state index contributed by atoms with van der Waals surface area (Å²) in [4.78, 5) is 1.32. The van der Waals surface area contributed by atoms with Crippen LogP contribution in [0.4, 0.5) is 0 Å². The van der Waals surface area contributed by atoms with E-state index in [-0.39, 0.29) is 0 Å². The number of rotatable bonds is 5. The first-order valence-electron chi connectivity index (χ1n) is 6.05. The highest BCUT2D eigenvalue weighted by atomic mass is 79.9. The Hall–Kier alpha value is -0.0300. The Balaban J connectivity index is 1.64. The highest BCUT2D eigenvalue weighted by Gasteiger charge is 2.12. The topological polar surface area (TPSA) is 21.3 Å². The van der Waals surface area contributed by atoms with E-state index in [9.17, 15) is 0 Å². The molecule has 0 aromatic heterocycles. The molecule has 17 heavy (non-hydrogen) atoms. The van der Waals surface area contributed by atoms with Gasteiger partial charge in [-0.2, -0.15) is 0 Å². The summed E-state index contributed by atoms with van der Waals surface area (Å²) in [6.45, 7) is 2.89. The molecule has 0 radical (unpaired) electrons. The standard InChI is InChI=1S/C13H18BrNOS/c14-12-3-1-2-4-13(12)17-10-7-15-11-5-8-16-9-6-11/h1-4,11,15H,5-10H2. The maximum Gasteiger partial charge on any atom is 0.0480 e. The molecular formula is C13H18BrNOS. The first-order valence-corrected chi connectivity index (χ1v) is 7.82. The van der Waals surface area contributed by atoms with Crippen LogP contribution in [0.5, 0.6) is 0 Å². The first kappa shape index (κ1) is 13.4. The number of benzene rings is 1. The average molecular weight is 316 g/mol. The van der Waals surface area contributed by atoms with Crippen LogP contribution in [0.15, 0.2) is 33.6 Å². The lowest BCUT2D eigenvalue weighted by Gasteiger charge is -2.23. The highest BCUT2D eigenvalue weighted by molar-refractivity contribution is 9.10. The molecule has 0 aliphatic carbocycles. The van der Waals surface area contributed by atoms with Gasteiger partial charge in [-0.1, -0.05) is 12.1 Å². The van der Waals surface area contributed by atoms with Crippen molar-refractivity contribution in [2.75, 3.05) is 25.5 Å². The Morgan fingerprint density at radius 1 is 1.29 bits per heavy atom. The highest BCUT2D eigenvalue weighted by Crippen LogP contribution is 2.26. The van der Waals surface area contributed by atoms with Crippen molar-refractivity contribution in [2.24, 2.45) is 0 Å². The van der Waals surface area contributed by atoms with Gasteiger partial charge in [0, 0.05) is 40.9 Å². The van der Waals surface area contributed by atoms with Gasteiger partial charge in [-0.15, -0.1) is 11.8 Å². The van der Waals surface area contributed by atoms with E-state index in [1.807, 2.05) is 11.8 Å². The summed E-state index contributed by atoms with van der Waals surface area (Å²) in [5, 5.41) is 3.60. The fourth-order valence-electron chi connectivity index (χ4n) is 1.89. The average Bonchev–Trinajstić information content (AvgIpc) is 2.38. The molecule has 0 amide bonds. The molecule has 2 rings (SSSR count). The lowest BCUT2D eigenvalue weighted by molar-refractivity contribution is 0.0786. The molecule has 1 aromatic carbocycles. The summed E-state index contributed by atoms with van der Waals surface area (Å²) in [6.07, 6.45) is 2.30. The maximum atomic E-state index is 5.34. The molecule has 2 nitrogen and oxygen atoms in total. The predicted octanol–water partition coefficient (Wildman–Crippen LogP) is 3.31. The van der Waals surface area contributed by atoms with E-state index in [2.05, 4.69) is 45.5 Å². The van der Waals surface area contributed by atoms with Crippen molar-refractivity contribution in [3.05, 3.63) is 28.7 Å². The van der Waals surface area contributed by atoms with Crippen LogP contribution in [0.1, 0.15) is 12.8 Å². The van der Waals surface area contributed by atoms with Gasteiger partial charge in [0.05, 0.1) is 0 Å². The van der Waals surface area contributed by atoms with Gasteiger partial charge < -0.3 is 10.1 Å². The Labute approximate surface area is 116 Å². The van der Waals surface area contributed by atoms with Gasteiger partial charge in [-0.25, -0.2) is 0 Å². The molecule has 0 spiro atoms. The Morgan fingerprint density at radius 3 is 2.82 bits per heavy atom.